The third-order valence-electron chi connectivity index (χ3n) is 5.27. The van der Waals surface area contributed by atoms with Crippen molar-refractivity contribution < 1.29 is 71.5 Å². The number of nitrogens with zero attached hydrogens (tertiary/aromatic N) is 1. The number of hydrogen-bond acceptors (Lipinski definition) is 2. The fraction of sp³-hybridized carbons (Fsp3) is 0.944. The Kier molecular flexibility index (Phi) is 11.2. The second-order valence-corrected chi connectivity index (χ2v) is 8.82. The Balaban J connectivity index is 5.33. The van der Waals surface area contributed by atoms with E-state index in [-0.39, 0.29) is 30.5 Å². The molecule has 2 atom stereocenters. The van der Waals surface area contributed by atoms with Crippen molar-refractivity contribution in [3.63, 3.8) is 0 Å². The summed E-state index contributed by atoms with van der Waals surface area (Å²) >= 11 is 0. The summed E-state index contributed by atoms with van der Waals surface area (Å²) in [5.74, 6) is -7.95. The van der Waals surface area contributed by atoms with Crippen molar-refractivity contribution in [2.45, 2.75) is 56.1 Å². The van der Waals surface area contributed by atoms with Crippen LogP contribution in [0, 0.1) is 11.8 Å². The topological polar surface area (TPSA) is 49.3 Å². The highest BCUT2D eigenvalue weighted by Crippen LogP contribution is 2.53. The highest BCUT2D eigenvalue weighted by molar-refractivity contribution is 5.67. The van der Waals surface area contributed by atoms with Gasteiger partial charge in [-0.05, 0) is 19.4 Å². The summed E-state index contributed by atoms with van der Waals surface area (Å²) in [6.07, 6.45) is -31.5. The maximum atomic E-state index is 13.8. The van der Waals surface area contributed by atoms with E-state index in [4.69, 9.17) is 5.11 Å². The molecule has 0 aromatic carbocycles. The minimum Gasteiger partial charge on any atom is -0.477 e. The molecule has 0 spiro atoms. The quantitative estimate of drug-likeness (QED) is 0.182. The van der Waals surface area contributed by atoms with Gasteiger partial charge in [0.05, 0.1) is 32.5 Å². The standard InChI is InChI=1S/C18H25F13N2O2/c1-33(2,10-13(34)35)7-3-5-32-6-4-11(15(20,21)22)8-12(16(23,24)25)9-14(19,17(26,27)28)18(29,30)31/h11-12,32H,3-10H2,1-2H3/p+1. The zero-order valence-electron chi connectivity index (χ0n) is 18.5. The average Bonchev–Trinajstić information content (AvgIpc) is 2.57. The Bertz CT molecular complexity index is 655. The van der Waals surface area contributed by atoms with Crippen molar-refractivity contribution in [1.29, 1.82) is 0 Å². The van der Waals surface area contributed by atoms with Gasteiger partial charge in [0.2, 0.25) is 0 Å². The van der Waals surface area contributed by atoms with Crippen molar-refractivity contribution in [2.75, 3.05) is 40.3 Å². The lowest BCUT2D eigenvalue weighted by Gasteiger charge is -2.35. The second kappa shape index (κ2) is 11.7. The fourth-order valence-corrected chi connectivity index (χ4v) is 3.30. The van der Waals surface area contributed by atoms with Gasteiger partial charge >= 0.3 is 30.7 Å². The van der Waals surface area contributed by atoms with Crippen molar-refractivity contribution in [1.82, 2.24) is 5.32 Å². The van der Waals surface area contributed by atoms with Crippen LogP contribution in [0.25, 0.3) is 0 Å². The first-order chi connectivity index (χ1) is 15.3. The molecular formula is C18H26F13N2O2+. The summed E-state index contributed by atoms with van der Waals surface area (Å²) in [6.45, 7) is -0.600. The van der Waals surface area contributed by atoms with Crippen LogP contribution in [-0.2, 0) is 4.79 Å². The SMILES string of the molecule is C[N+](C)(CCCNCCC(CC(CC(F)(C(F)(F)F)C(F)(F)F)C(F)(F)F)C(F)(F)F)CC(=O)O. The fourth-order valence-electron chi connectivity index (χ4n) is 3.30. The molecule has 0 heterocycles. The first-order valence-corrected chi connectivity index (χ1v) is 10.0. The molecule has 0 saturated heterocycles. The van der Waals surface area contributed by atoms with Gasteiger partial charge in [0.1, 0.15) is 0 Å². The molecule has 0 rings (SSSR count). The van der Waals surface area contributed by atoms with Crippen molar-refractivity contribution in [3.8, 4) is 0 Å². The summed E-state index contributed by atoms with van der Waals surface area (Å²) in [7, 11) is 3.11. The zero-order chi connectivity index (χ0) is 28.1. The van der Waals surface area contributed by atoms with Gasteiger partial charge in [-0.3, -0.25) is 0 Å². The molecule has 210 valence electrons. The van der Waals surface area contributed by atoms with Crippen LogP contribution in [0.3, 0.4) is 0 Å². The second-order valence-electron chi connectivity index (χ2n) is 8.82. The minimum absolute atomic E-state index is 0.00428. The first-order valence-electron chi connectivity index (χ1n) is 10.0. The number of rotatable bonds is 13. The van der Waals surface area contributed by atoms with E-state index < -0.39 is 74.0 Å². The Labute approximate surface area is 192 Å². The van der Waals surface area contributed by atoms with Crippen LogP contribution in [0.2, 0.25) is 0 Å². The third kappa shape index (κ3) is 11.0. The van der Waals surface area contributed by atoms with E-state index in [1.54, 1.807) is 14.1 Å². The molecule has 0 aliphatic rings. The number of carboxylic acid groups (broad SMARTS) is 1. The van der Waals surface area contributed by atoms with Gasteiger partial charge in [0.25, 0.3) is 5.67 Å². The van der Waals surface area contributed by atoms with Crippen LogP contribution < -0.4 is 5.32 Å². The number of carbonyl (C=O) groups is 1. The highest BCUT2D eigenvalue weighted by atomic mass is 19.4. The molecule has 0 fully saturated rings. The third-order valence-corrected chi connectivity index (χ3v) is 5.27. The van der Waals surface area contributed by atoms with E-state index in [0.717, 1.165) is 0 Å². The molecule has 0 radical (unpaired) electrons. The summed E-state index contributed by atoms with van der Waals surface area (Å²) in [4.78, 5) is 10.7. The Morgan fingerprint density at radius 1 is 0.800 bits per heavy atom. The van der Waals surface area contributed by atoms with E-state index in [9.17, 15) is 61.9 Å². The zero-order valence-corrected chi connectivity index (χ0v) is 18.5. The summed E-state index contributed by atoms with van der Waals surface area (Å²) in [5, 5.41) is 11.2. The number of halogens is 13. The molecule has 2 unspecified atom stereocenters. The Hall–Kier alpha value is -1.52. The lowest BCUT2D eigenvalue weighted by molar-refractivity contribution is -0.883. The summed E-state index contributed by atoms with van der Waals surface area (Å²) in [6, 6.07) is 0. The maximum Gasteiger partial charge on any atom is 0.431 e. The Morgan fingerprint density at radius 2 is 1.26 bits per heavy atom. The predicted molar refractivity (Wildman–Crippen MR) is 95.9 cm³/mol. The lowest BCUT2D eigenvalue weighted by Crippen LogP contribution is -2.55. The number of aliphatic carboxylic acids is 1. The van der Waals surface area contributed by atoms with Gasteiger partial charge < -0.3 is 14.9 Å². The molecule has 35 heavy (non-hydrogen) atoms. The molecule has 4 nitrogen and oxygen atoms in total. The van der Waals surface area contributed by atoms with Crippen LogP contribution >= 0.6 is 0 Å². The molecule has 0 bridgehead atoms. The van der Waals surface area contributed by atoms with Crippen LogP contribution in [0.1, 0.15) is 25.7 Å². The van der Waals surface area contributed by atoms with Crippen molar-refractivity contribution in [3.05, 3.63) is 0 Å². The molecule has 0 saturated carbocycles. The largest absolute Gasteiger partial charge is 0.477 e. The van der Waals surface area contributed by atoms with Crippen LogP contribution in [0.4, 0.5) is 57.1 Å². The number of likely N-dealkylation sites (N-methyl/N-ethyl adjacent to an activating group) is 1. The average molecular weight is 549 g/mol. The number of nitrogens with one attached hydrogen (secondary N) is 1. The van der Waals surface area contributed by atoms with E-state index in [1.807, 2.05) is 0 Å². The van der Waals surface area contributed by atoms with Gasteiger partial charge in [-0.25, -0.2) is 9.18 Å². The van der Waals surface area contributed by atoms with E-state index in [2.05, 4.69) is 5.32 Å². The molecular weight excluding hydrogens is 523 g/mol. The van der Waals surface area contributed by atoms with Gasteiger partial charge in [-0.2, -0.15) is 52.7 Å². The summed E-state index contributed by atoms with van der Waals surface area (Å²) in [5.41, 5.74) is -6.35. The summed E-state index contributed by atoms with van der Waals surface area (Å²) < 4.78 is 169. The number of carboxylic acids is 1. The first kappa shape index (κ1) is 33.5. The molecule has 0 amide bonds. The monoisotopic (exact) mass is 549 g/mol. The molecule has 17 heteroatoms. The number of quaternary nitrogens is 1. The highest BCUT2D eigenvalue weighted by Gasteiger charge is 2.74. The van der Waals surface area contributed by atoms with Gasteiger partial charge in [-0.15, -0.1) is 0 Å². The normalized spacial score (nSPS) is 16.3. The molecule has 2 N–H and O–H groups in total. The minimum atomic E-state index is -6.84. The van der Waals surface area contributed by atoms with E-state index >= 15 is 0 Å². The van der Waals surface area contributed by atoms with Gasteiger partial charge in [-0.1, -0.05) is 0 Å². The van der Waals surface area contributed by atoms with Gasteiger partial charge in [0, 0.05) is 19.4 Å². The van der Waals surface area contributed by atoms with Crippen molar-refractivity contribution in [2.24, 2.45) is 11.8 Å². The van der Waals surface area contributed by atoms with E-state index in [0.29, 0.717) is 0 Å². The molecule has 0 aliphatic heterocycles. The predicted octanol–water partition coefficient (Wildman–Crippen LogP) is 5.49. The molecule has 0 aromatic rings. The molecule has 0 aliphatic carbocycles. The van der Waals surface area contributed by atoms with Crippen LogP contribution in [0.5, 0.6) is 0 Å². The van der Waals surface area contributed by atoms with Crippen LogP contribution in [0.15, 0.2) is 0 Å². The van der Waals surface area contributed by atoms with Crippen molar-refractivity contribution >= 4 is 5.97 Å². The van der Waals surface area contributed by atoms with Gasteiger partial charge in [0.15, 0.2) is 6.54 Å². The van der Waals surface area contributed by atoms with Crippen LogP contribution in [-0.4, -0.2) is 86.2 Å². The van der Waals surface area contributed by atoms with E-state index in [1.165, 1.54) is 0 Å². The Morgan fingerprint density at radius 3 is 1.63 bits per heavy atom. The number of alkyl halides is 13. The maximum absolute atomic E-state index is 13.8. The molecule has 0 aromatic heterocycles. The lowest BCUT2D eigenvalue weighted by atomic mass is 9.82. The smallest absolute Gasteiger partial charge is 0.431 e. The number of hydrogen-bond donors (Lipinski definition) is 2.